The van der Waals surface area contributed by atoms with Gasteiger partial charge in [0.25, 0.3) is 11.8 Å². The summed E-state index contributed by atoms with van der Waals surface area (Å²) in [6.07, 6.45) is 4.19. The number of fused-ring (bicyclic) bond motifs is 2. The second-order valence-electron chi connectivity index (χ2n) is 16.2. The van der Waals surface area contributed by atoms with Crippen LogP contribution in [0.5, 0.6) is 5.75 Å². The van der Waals surface area contributed by atoms with Crippen molar-refractivity contribution in [2.45, 2.75) is 82.7 Å². The van der Waals surface area contributed by atoms with Crippen LogP contribution in [-0.4, -0.2) is 107 Å². The first-order valence-electron chi connectivity index (χ1n) is 20.8. The number of carbonyl (C=O) groups is 4. The lowest BCUT2D eigenvalue weighted by molar-refractivity contribution is -0.274. The van der Waals surface area contributed by atoms with Gasteiger partial charge in [-0.2, -0.15) is 0 Å². The van der Waals surface area contributed by atoms with Crippen molar-refractivity contribution in [3.8, 4) is 5.75 Å². The van der Waals surface area contributed by atoms with Crippen LogP contribution in [0.1, 0.15) is 94.8 Å². The van der Waals surface area contributed by atoms with Crippen LogP contribution in [0.3, 0.4) is 0 Å². The third-order valence-electron chi connectivity index (χ3n) is 12.3. The van der Waals surface area contributed by atoms with E-state index in [4.69, 9.17) is 5.73 Å². The van der Waals surface area contributed by atoms with Crippen LogP contribution >= 0.6 is 0 Å². The van der Waals surface area contributed by atoms with Gasteiger partial charge in [0, 0.05) is 86.5 Å². The van der Waals surface area contributed by atoms with Crippen molar-refractivity contribution < 1.29 is 37.1 Å². The van der Waals surface area contributed by atoms with Crippen molar-refractivity contribution in [2.24, 2.45) is 0 Å². The highest BCUT2D eigenvalue weighted by Gasteiger charge is 2.39. The van der Waals surface area contributed by atoms with E-state index in [0.29, 0.717) is 44.5 Å². The number of carbonyl (C=O) groups excluding carboxylic acids is 4. The number of rotatable bonds is 12. The topological polar surface area (TPSA) is 154 Å². The molecule has 3 saturated heterocycles. The molecule has 1 unspecified atom stereocenters. The summed E-state index contributed by atoms with van der Waals surface area (Å²) in [5, 5.41) is 3.36. The molecule has 0 aliphatic carbocycles. The van der Waals surface area contributed by atoms with Gasteiger partial charge in [-0.3, -0.25) is 29.4 Å². The molecule has 0 bridgehead atoms. The molecule has 8 rings (SSSR count). The largest absolute Gasteiger partial charge is 0.573 e. The van der Waals surface area contributed by atoms with Crippen LogP contribution in [0.2, 0.25) is 0 Å². The Kier molecular flexibility index (Phi) is 11.9. The highest BCUT2D eigenvalue weighted by atomic mass is 19.4. The minimum atomic E-state index is -4.85. The number of ether oxygens (including phenoxy) is 1. The smallest absolute Gasteiger partial charge is 0.406 e. The fourth-order valence-electron chi connectivity index (χ4n) is 9.08. The van der Waals surface area contributed by atoms with E-state index in [1.165, 1.54) is 11.6 Å². The zero-order valence-corrected chi connectivity index (χ0v) is 33.4. The first-order valence-corrected chi connectivity index (χ1v) is 20.8. The average molecular weight is 827 g/mol. The fourth-order valence-corrected chi connectivity index (χ4v) is 9.08. The molecule has 316 valence electrons. The van der Waals surface area contributed by atoms with Crippen LogP contribution in [0.25, 0.3) is 10.9 Å². The number of piperidine rings is 2. The summed E-state index contributed by atoms with van der Waals surface area (Å²) in [5.74, 6) is -1.48. The molecule has 5 heterocycles. The second-order valence-corrected chi connectivity index (χ2v) is 16.2. The molecule has 0 saturated carbocycles. The molecular formula is C44H49F3N8O5. The number of likely N-dealkylation sites (tertiary alicyclic amines) is 1. The summed E-state index contributed by atoms with van der Waals surface area (Å²) in [7, 11) is 0. The summed E-state index contributed by atoms with van der Waals surface area (Å²) in [6, 6.07) is 15.2. The number of aromatic nitrogens is 2. The fraction of sp³-hybridized carbons (Fsp3) is 0.455. The van der Waals surface area contributed by atoms with Crippen molar-refractivity contribution in [2.75, 3.05) is 56.4 Å². The molecule has 13 nitrogen and oxygen atoms in total. The lowest BCUT2D eigenvalue weighted by atomic mass is 9.90. The van der Waals surface area contributed by atoms with Crippen LogP contribution in [0.15, 0.2) is 60.9 Å². The van der Waals surface area contributed by atoms with Gasteiger partial charge in [-0.25, -0.2) is 9.97 Å². The third-order valence-corrected chi connectivity index (χ3v) is 12.3. The second kappa shape index (κ2) is 17.4. The average Bonchev–Trinajstić information content (AvgIpc) is 3.55. The number of amides is 4. The van der Waals surface area contributed by atoms with E-state index in [1.807, 2.05) is 12.1 Å². The van der Waals surface area contributed by atoms with Gasteiger partial charge >= 0.3 is 6.36 Å². The maximum absolute atomic E-state index is 13.2. The normalized spacial score (nSPS) is 19.2. The number of nitrogen functional groups attached to an aromatic ring is 1. The number of benzene rings is 3. The standard InChI is InChI=1S/C44H49F3N8O5/c45-44(46,47)60-32-8-11-34(36(48)25-32)42(58)54-17-14-29(15-18-54)40-35-10-7-31(24-37(35)49-27-50-40)53-21-19-52(20-22-53)16-4-2-1-3-5-28-6-9-33-30(23-28)26-55(43(33)59)38-12-13-39(56)51-41(38)57/h6-11,23-25,27,29,38H,1-5,12-22,26,48H2,(H,51,56,57). The summed E-state index contributed by atoms with van der Waals surface area (Å²) >= 11 is 0. The van der Waals surface area contributed by atoms with Gasteiger partial charge in [-0.1, -0.05) is 25.0 Å². The molecule has 4 aromatic rings. The van der Waals surface area contributed by atoms with Crippen molar-refractivity contribution in [3.05, 3.63) is 88.9 Å². The van der Waals surface area contributed by atoms with E-state index in [1.54, 1.807) is 16.1 Å². The number of nitrogens with one attached hydrogen (secondary N) is 1. The predicted molar refractivity (Wildman–Crippen MR) is 218 cm³/mol. The van der Waals surface area contributed by atoms with E-state index >= 15 is 0 Å². The van der Waals surface area contributed by atoms with Gasteiger partial charge in [0.1, 0.15) is 18.1 Å². The molecule has 3 N–H and O–H groups in total. The SMILES string of the molecule is Nc1cc(OC(F)(F)F)ccc1C(=O)N1CCC(c2ncnc3cc(N4CCN(CCCCCCc5ccc6c(c5)CN(C5CCC(=O)NC5=O)C6=O)CC4)ccc23)CC1. The Morgan fingerprint density at radius 1 is 0.867 bits per heavy atom. The summed E-state index contributed by atoms with van der Waals surface area (Å²) in [4.78, 5) is 67.7. The number of unbranched alkanes of at least 4 members (excludes halogenated alkanes) is 3. The quantitative estimate of drug-likeness (QED) is 0.102. The van der Waals surface area contributed by atoms with E-state index in [2.05, 4.69) is 54.1 Å². The van der Waals surface area contributed by atoms with Gasteiger partial charge in [0.05, 0.1) is 16.8 Å². The van der Waals surface area contributed by atoms with E-state index in [-0.39, 0.29) is 47.2 Å². The van der Waals surface area contributed by atoms with E-state index in [9.17, 15) is 32.3 Å². The molecule has 4 amide bonds. The Morgan fingerprint density at radius 2 is 1.65 bits per heavy atom. The van der Waals surface area contributed by atoms with Gasteiger partial charge in [-0.15, -0.1) is 13.2 Å². The van der Waals surface area contributed by atoms with Crippen molar-refractivity contribution in [1.29, 1.82) is 0 Å². The molecule has 3 aromatic carbocycles. The predicted octanol–water partition coefficient (Wildman–Crippen LogP) is 5.82. The van der Waals surface area contributed by atoms with E-state index < -0.39 is 18.2 Å². The van der Waals surface area contributed by atoms with Crippen LogP contribution in [0.4, 0.5) is 24.5 Å². The lowest BCUT2D eigenvalue weighted by Gasteiger charge is -2.36. The van der Waals surface area contributed by atoms with Gasteiger partial charge in [-0.05, 0) is 92.6 Å². The molecule has 16 heteroatoms. The lowest BCUT2D eigenvalue weighted by Crippen LogP contribution is -2.52. The Labute approximate surface area is 346 Å². The monoisotopic (exact) mass is 826 g/mol. The number of nitrogens with two attached hydrogens (primary N) is 1. The first-order chi connectivity index (χ1) is 28.9. The minimum Gasteiger partial charge on any atom is -0.406 e. The number of hydrogen-bond acceptors (Lipinski definition) is 10. The Hall–Kier alpha value is -5.77. The highest BCUT2D eigenvalue weighted by Crippen LogP contribution is 2.35. The number of halogens is 3. The number of aryl methyl sites for hydroxylation is 1. The number of nitrogens with zero attached hydrogens (tertiary/aromatic N) is 6. The molecule has 1 aromatic heterocycles. The van der Waals surface area contributed by atoms with Gasteiger partial charge < -0.3 is 25.2 Å². The van der Waals surface area contributed by atoms with Crippen LogP contribution in [-0.2, 0) is 22.6 Å². The molecule has 4 aliphatic heterocycles. The molecule has 0 spiro atoms. The molecule has 3 fully saturated rings. The van der Waals surface area contributed by atoms with Crippen molar-refractivity contribution >= 4 is 45.9 Å². The summed E-state index contributed by atoms with van der Waals surface area (Å²) in [5.41, 5.74) is 11.8. The minimum absolute atomic E-state index is 0.0653. The summed E-state index contributed by atoms with van der Waals surface area (Å²) < 4.78 is 41.8. The maximum atomic E-state index is 13.2. The number of alkyl halides is 3. The summed E-state index contributed by atoms with van der Waals surface area (Å²) in [6.45, 7) is 6.25. The zero-order valence-electron chi connectivity index (χ0n) is 33.4. The number of hydrogen-bond donors (Lipinski definition) is 2. The maximum Gasteiger partial charge on any atom is 0.573 e. The third kappa shape index (κ3) is 9.18. The number of anilines is 2. The van der Waals surface area contributed by atoms with Gasteiger partial charge in [0.15, 0.2) is 0 Å². The van der Waals surface area contributed by atoms with Gasteiger partial charge in [0.2, 0.25) is 11.8 Å². The van der Waals surface area contributed by atoms with E-state index in [0.717, 1.165) is 105 Å². The molecular weight excluding hydrogens is 778 g/mol. The van der Waals surface area contributed by atoms with Crippen molar-refractivity contribution in [3.63, 3.8) is 0 Å². The Bertz CT molecular complexity index is 2270. The number of imide groups is 1. The van der Waals surface area contributed by atoms with Crippen LogP contribution in [0, 0.1) is 0 Å². The molecule has 60 heavy (non-hydrogen) atoms. The number of piperazine rings is 1. The van der Waals surface area contributed by atoms with Crippen LogP contribution < -0.4 is 20.7 Å². The highest BCUT2D eigenvalue weighted by molar-refractivity contribution is 6.05. The molecule has 1 atom stereocenters. The molecule has 0 radical (unpaired) electrons. The Balaban J connectivity index is 0.755. The first kappa shape index (κ1) is 41.0. The zero-order chi connectivity index (χ0) is 42.0. The Morgan fingerprint density at radius 3 is 2.40 bits per heavy atom. The molecule has 4 aliphatic rings. The van der Waals surface area contributed by atoms with Crippen molar-refractivity contribution in [1.82, 2.24) is 30.0 Å².